The highest BCUT2D eigenvalue weighted by Crippen LogP contribution is 2.34. The number of likely N-dealkylation sites (tertiary alicyclic amines) is 1. The molecule has 2 heterocycles. The minimum Gasteiger partial charge on any atom is -0.336 e. The van der Waals surface area contributed by atoms with E-state index in [0.717, 1.165) is 9.80 Å². The van der Waals surface area contributed by atoms with Crippen molar-refractivity contribution in [3.63, 3.8) is 0 Å². The number of hydrogen-bond donors (Lipinski definition) is 1. The lowest BCUT2D eigenvalue weighted by atomic mass is 9.85. The predicted octanol–water partition coefficient (Wildman–Crippen LogP) is -0.511. The van der Waals surface area contributed by atoms with Gasteiger partial charge in [0.05, 0.1) is 11.8 Å². The van der Waals surface area contributed by atoms with Crippen molar-refractivity contribution in [3.8, 4) is 0 Å². The predicted molar refractivity (Wildman–Crippen MR) is 67.2 cm³/mol. The van der Waals surface area contributed by atoms with Crippen LogP contribution in [0.25, 0.3) is 0 Å². The smallest absolute Gasteiger partial charge is 0.324 e. The van der Waals surface area contributed by atoms with Gasteiger partial charge in [0.1, 0.15) is 6.54 Å². The van der Waals surface area contributed by atoms with Gasteiger partial charge in [-0.15, -0.1) is 0 Å². The van der Waals surface area contributed by atoms with Crippen molar-refractivity contribution in [2.75, 3.05) is 19.6 Å². The minimum absolute atomic E-state index is 0.280. The van der Waals surface area contributed by atoms with Gasteiger partial charge < -0.3 is 5.32 Å². The fourth-order valence-corrected chi connectivity index (χ4v) is 2.96. The van der Waals surface area contributed by atoms with Gasteiger partial charge in [0, 0.05) is 13.1 Å². The highest BCUT2D eigenvalue weighted by molar-refractivity contribution is 6.08. The summed E-state index contributed by atoms with van der Waals surface area (Å²) in [5.41, 5.74) is 0. The van der Waals surface area contributed by atoms with E-state index in [-0.39, 0.29) is 36.7 Å². The molecule has 0 saturated carbocycles. The third-order valence-corrected chi connectivity index (χ3v) is 4.05. The van der Waals surface area contributed by atoms with Gasteiger partial charge in [-0.2, -0.15) is 0 Å². The Labute approximate surface area is 115 Å². The van der Waals surface area contributed by atoms with E-state index in [0.29, 0.717) is 19.4 Å². The molecule has 2 saturated heterocycles. The highest BCUT2D eigenvalue weighted by Gasteiger charge is 2.48. The first-order chi connectivity index (χ1) is 9.59. The molecule has 1 aliphatic carbocycles. The van der Waals surface area contributed by atoms with Gasteiger partial charge in [-0.3, -0.25) is 24.2 Å². The number of carbonyl (C=O) groups is 4. The van der Waals surface area contributed by atoms with Gasteiger partial charge in [-0.25, -0.2) is 4.79 Å². The van der Waals surface area contributed by atoms with Crippen LogP contribution in [0.2, 0.25) is 0 Å². The highest BCUT2D eigenvalue weighted by atomic mass is 16.2. The van der Waals surface area contributed by atoms with Gasteiger partial charge >= 0.3 is 6.03 Å². The van der Waals surface area contributed by atoms with E-state index in [2.05, 4.69) is 5.32 Å². The lowest BCUT2D eigenvalue weighted by Gasteiger charge is -2.18. The van der Waals surface area contributed by atoms with Crippen LogP contribution < -0.4 is 5.32 Å². The molecule has 7 nitrogen and oxygen atoms in total. The van der Waals surface area contributed by atoms with Crippen molar-refractivity contribution in [2.45, 2.75) is 12.8 Å². The largest absolute Gasteiger partial charge is 0.336 e. The molecule has 20 heavy (non-hydrogen) atoms. The van der Waals surface area contributed by atoms with Gasteiger partial charge in [0.25, 0.3) is 5.91 Å². The molecule has 3 rings (SSSR count). The SMILES string of the molecule is O=C(CN1C(=O)[C@H]2CC=CC[C@H]2C1=O)N1CCNC1=O. The molecule has 0 aromatic rings. The normalized spacial score (nSPS) is 28.9. The Morgan fingerprint density at radius 1 is 1.15 bits per heavy atom. The number of nitrogens with one attached hydrogen (secondary N) is 1. The molecule has 0 bridgehead atoms. The topological polar surface area (TPSA) is 86.8 Å². The number of amides is 5. The van der Waals surface area contributed by atoms with Crippen molar-refractivity contribution in [2.24, 2.45) is 11.8 Å². The second kappa shape index (κ2) is 4.73. The zero-order valence-electron chi connectivity index (χ0n) is 10.9. The lowest BCUT2D eigenvalue weighted by molar-refractivity contribution is -0.145. The Kier molecular flexibility index (Phi) is 3.04. The summed E-state index contributed by atoms with van der Waals surface area (Å²) >= 11 is 0. The van der Waals surface area contributed by atoms with Crippen molar-refractivity contribution in [3.05, 3.63) is 12.2 Å². The van der Waals surface area contributed by atoms with Crippen molar-refractivity contribution < 1.29 is 19.2 Å². The number of rotatable bonds is 2. The third kappa shape index (κ3) is 1.90. The quantitative estimate of drug-likeness (QED) is 0.544. The maximum atomic E-state index is 12.2. The van der Waals surface area contributed by atoms with E-state index in [1.54, 1.807) is 0 Å². The Hall–Kier alpha value is -2.18. The maximum absolute atomic E-state index is 12.2. The molecule has 5 amide bonds. The molecular weight excluding hydrogens is 262 g/mol. The van der Waals surface area contributed by atoms with Gasteiger partial charge in [-0.1, -0.05) is 12.2 Å². The first-order valence-electron chi connectivity index (χ1n) is 6.68. The summed E-state index contributed by atoms with van der Waals surface area (Å²) in [5, 5.41) is 2.52. The summed E-state index contributed by atoms with van der Waals surface area (Å²) in [7, 11) is 0. The Morgan fingerprint density at radius 2 is 1.75 bits per heavy atom. The van der Waals surface area contributed by atoms with Crippen LogP contribution in [0.15, 0.2) is 12.2 Å². The van der Waals surface area contributed by atoms with E-state index >= 15 is 0 Å². The zero-order chi connectivity index (χ0) is 14.3. The zero-order valence-corrected chi connectivity index (χ0v) is 10.9. The fraction of sp³-hybridized carbons (Fsp3) is 0.538. The summed E-state index contributed by atoms with van der Waals surface area (Å²) in [5.74, 6) is -1.77. The second-order valence-corrected chi connectivity index (χ2v) is 5.20. The number of hydrogen-bond acceptors (Lipinski definition) is 4. The van der Waals surface area contributed by atoms with Crippen LogP contribution >= 0.6 is 0 Å². The van der Waals surface area contributed by atoms with Crippen LogP contribution in [-0.2, 0) is 14.4 Å². The number of imide groups is 2. The molecule has 3 aliphatic rings. The number of fused-ring (bicyclic) bond motifs is 1. The summed E-state index contributed by atoms with van der Waals surface area (Å²) in [6.45, 7) is 0.349. The molecule has 1 N–H and O–H groups in total. The summed E-state index contributed by atoms with van der Waals surface area (Å²) in [4.78, 5) is 49.8. The van der Waals surface area contributed by atoms with Crippen LogP contribution in [0, 0.1) is 11.8 Å². The average Bonchev–Trinajstić information content (AvgIpc) is 2.97. The Morgan fingerprint density at radius 3 is 2.25 bits per heavy atom. The van der Waals surface area contributed by atoms with Crippen molar-refractivity contribution >= 4 is 23.8 Å². The van der Waals surface area contributed by atoms with Gasteiger partial charge in [0.15, 0.2) is 0 Å². The van der Waals surface area contributed by atoms with Crippen molar-refractivity contribution in [1.82, 2.24) is 15.1 Å². The van der Waals surface area contributed by atoms with Crippen LogP contribution in [0.3, 0.4) is 0 Å². The van der Waals surface area contributed by atoms with Crippen LogP contribution in [-0.4, -0.2) is 53.2 Å². The lowest BCUT2D eigenvalue weighted by Crippen LogP contribution is -2.44. The monoisotopic (exact) mass is 277 g/mol. The molecule has 2 fully saturated rings. The van der Waals surface area contributed by atoms with Crippen molar-refractivity contribution in [1.29, 1.82) is 0 Å². The molecule has 0 aromatic carbocycles. The molecule has 106 valence electrons. The van der Waals surface area contributed by atoms with E-state index in [4.69, 9.17) is 0 Å². The van der Waals surface area contributed by atoms with E-state index in [1.165, 1.54) is 0 Å². The number of nitrogens with zero attached hydrogens (tertiary/aromatic N) is 2. The molecular formula is C13H15N3O4. The van der Waals surface area contributed by atoms with Crippen LogP contribution in [0.4, 0.5) is 4.79 Å². The molecule has 0 spiro atoms. The number of carbonyl (C=O) groups excluding carboxylic acids is 4. The Balaban J connectivity index is 1.72. The van der Waals surface area contributed by atoms with Crippen LogP contribution in [0.5, 0.6) is 0 Å². The minimum atomic E-state index is -0.506. The molecule has 2 atom stereocenters. The second-order valence-electron chi connectivity index (χ2n) is 5.20. The molecule has 2 aliphatic heterocycles. The van der Waals surface area contributed by atoms with Gasteiger partial charge in [0.2, 0.25) is 11.8 Å². The summed E-state index contributed by atoms with van der Waals surface area (Å²) < 4.78 is 0. The van der Waals surface area contributed by atoms with E-state index in [9.17, 15) is 19.2 Å². The first kappa shape index (κ1) is 12.8. The number of urea groups is 1. The molecule has 0 aromatic heterocycles. The Bertz CT molecular complexity index is 502. The third-order valence-electron chi connectivity index (χ3n) is 4.05. The van der Waals surface area contributed by atoms with Crippen LogP contribution in [0.1, 0.15) is 12.8 Å². The standard InChI is InChI=1S/C13H15N3O4/c17-10(15-6-5-14-13(15)20)7-16-11(18)8-3-1-2-4-9(8)12(16)19/h1-2,8-9H,3-7H2,(H,14,20)/t8-,9+. The van der Waals surface area contributed by atoms with E-state index < -0.39 is 11.9 Å². The summed E-state index contributed by atoms with van der Waals surface area (Å²) in [6.07, 6.45) is 4.88. The maximum Gasteiger partial charge on any atom is 0.324 e. The fourth-order valence-electron chi connectivity index (χ4n) is 2.96. The molecule has 7 heteroatoms. The first-order valence-corrected chi connectivity index (χ1v) is 6.68. The van der Waals surface area contributed by atoms with Gasteiger partial charge in [-0.05, 0) is 12.8 Å². The molecule has 0 unspecified atom stereocenters. The average molecular weight is 277 g/mol. The number of allylic oxidation sites excluding steroid dienone is 2. The van der Waals surface area contributed by atoms with E-state index in [1.807, 2.05) is 12.2 Å². The summed E-state index contributed by atoms with van der Waals surface area (Å²) in [6, 6.07) is -0.465. The molecule has 0 radical (unpaired) electrons.